The lowest BCUT2D eigenvalue weighted by Gasteiger charge is -2.38. The van der Waals surface area contributed by atoms with Crippen molar-refractivity contribution >= 4 is 9.84 Å². The van der Waals surface area contributed by atoms with Crippen molar-refractivity contribution in [1.82, 2.24) is 4.90 Å². The predicted octanol–water partition coefficient (Wildman–Crippen LogP) is 3.10. The second kappa shape index (κ2) is 5.96. The lowest BCUT2D eigenvalue weighted by Crippen LogP contribution is -2.42. The summed E-state index contributed by atoms with van der Waals surface area (Å²) in [6, 6.07) is 0. The standard InChI is InChI=1S/C16H31NO2S/c1-16(2,3)13-5-7-14(8-6-13)20(18,19)15-9-11-17(4)12-10-15/h13-15H,5-12H2,1-4H3. The highest BCUT2D eigenvalue weighted by atomic mass is 32.2. The second-order valence-electron chi connectivity index (χ2n) is 7.93. The van der Waals surface area contributed by atoms with Crippen molar-refractivity contribution in [1.29, 1.82) is 0 Å². The third-order valence-corrected chi connectivity index (χ3v) is 8.30. The Balaban J connectivity index is 1.95. The van der Waals surface area contributed by atoms with Gasteiger partial charge >= 0.3 is 0 Å². The van der Waals surface area contributed by atoms with Gasteiger partial charge in [-0.1, -0.05) is 20.8 Å². The van der Waals surface area contributed by atoms with Gasteiger partial charge in [-0.25, -0.2) is 8.42 Å². The lowest BCUT2D eigenvalue weighted by atomic mass is 9.72. The SMILES string of the molecule is CN1CCC(S(=O)(=O)C2CCC(C(C)(C)C)CC2)CC1. The van der Waals surface area contributed by atoms with Crippen molar-refractivity contribution in [2.24, 2.45) is 11.3 Å². The highest BCUT2D eigenvalue weighted by molar-refractivity contribution is 7.92. The van der Waals surface area contributed by atoms with Gasteiger partial charge in [0.05, 0.1) is 10.5 Å². The number of rotatable bonds is 2. The van der Waals surface area contributed by atoms with Crippen molar-refractivity contribution in [3.05, 3.63) is 0 Å². The van der Waals surface area contributed by atoms with E-state index in [1.165, 1.54) is 0 Å². The van der Waals surface area contributed by atoms with Gasteiger partial charge in [0.15, 0.2) is 9.84 Å². The van der Waals surface area contributed by atoms with Crippen molar-refractivity contribution in [2.45, 2.75) is 69.8 Å². The molecule has 2 aliphatic rings. The normalized spacial score (nSPS) is 31.4. The van der Waals surface area contributed by atoms with Gasteiger partial charge in [-0.15, -0.1) is 0 Å². The van der Waals surface area contributed by atoms with Crippen LogP contribution in [0.1, 0.15) is 59.3 Å². The Morgan fingerprint density at radius 3 is 1.75 bits per heavy atom. The van der Waals surface area contributed by atoms with Crippen LogP contribution in [-0.2, 0) is 9.84 Å². The molecular formula is C16H31NO2S. The number of nitrogens with zero attached hydrogens (tertiary/aromatic N) is 1. The molecule has 0 N–H and O–H groups in total. The predicted molar refractivity (Wildman–Crippen MR) is 84.6 cm³/mol. The summed E-state index contributed by atoms with van der Waals surface area (Å²) in [7, 11) is -0.823. The van der Waals surface area contributed by atoms with E-state index in [4.69, 9.17) is 0 Å². The maximum absolute atomic E-state index is 12.8. The first-order valence-corrected chi connectivity index (χ1v) is 9.73. The van der Waals surface area contributed by atoms with Gasteiger partial charge in [-0.2, -0.15) is 0 Å². The molecule has 0 unspecified atom stereocenters. The molecular weight excluding hydrogens is 270 g/mol. The van der Waals surface area contributed by atoms with Crippen LogP contribution in [-0.4, -0.2) is 44.0 Å². The fraction of sp³-hybridized carbons (Fsp3) is 1.00. The first-order chi connectivity index (χ1) is 9.21. The van der Waals surface area contributed by atoms with E-state index in [1.54, 1.807) is 0 Å². The zero-order valence-electron chi connectivity index (χ0n) is 13.6. The lowest BCUT2D eigenvalue weighted by molar-refractivity contribution is 0.180. The first-order valence-electron chi connectivity index (χ1n) is 8.12. The summed E-state index contributed by atoms with van der Waals surface area (Å²) in [5.74, 6) is 0.687. The van der Waals surface area contributed by atoms with Gasteiger partial charge in [0.25, 0.3) is 0 Å². The van der Waals surface area contributed by atoms with Crippen LogP contribution < -0.4 is 0 Å². The molecule has 0 aromatic heterocycles. The quantitative estimate of drug-likeness (QED) is 0.786. The van der Waals surface area contributed by atoms with Crippen LogP contribution in [0.5, 0.6) is 0 Å². The second-order valence-corrected chi connectivity index (χ2v) is 10.4. The molecule has 0 radical (unpaired) electrons. The van der Waals surface area contributed by atoms with E-state index in [0.717, 1.165) is 51.6 Å². The molecule has 0 spiro atoms. The van der Waals surface area contributed by atoms with Crippen molar-refractivity contribution < 1.29 is 8.42 Å². The van der Waals surface area contributed by atoms with E-state index in [-0.39, 0.29) is 10.5 Å². The Labute approximate surface area is 125 Å². The summed E-state index contributed by atoms with van der Waals surface area (Å²) >= 11 is 0. The van der Waals surface area contributed by atoms with Gasteiger partial charge < -0.3 is 4.90 Å². The van der Waals surface area contributed by atoms with Crippen molar-refractivity contribution in [3.8, 4) is 0 Å². The van der Waals surface area contributed by atoms with E-state index in [0.29, 0.717) is 11.3 Å². The van der Waals surface area contributed by atoms with E-state index in [2.05, 4.69) is 32.7 Å². The summed E-state index contributed by atoms with van der Waals surface area (Å²) in [5.41, 5.74) is 0.322. The molecule has 0 bridgehead atoms. The van der Waals surface area contributed by atoms with Gasteiger partial charge in [0, 0.05) is 0 Å². The minimum Gasteiger partial charge on any atom is -0.306 e. The molecule has 0 atom stereocenters. The molecule has 0 amide bonds. The Morgan fingerprint density at radius 1 is 0.850 bits per heavy atom. The van der Waals surface area contributed by atoms with Gasteiger partial charge in [0.2, 0.25) is 0 Å². The zero-order chi connectivity index (χ0) is 15.0. The smallest absolute Gasteiger partial charge is 0.156 e. The van der Waals surface area contributed by atoms with Crippen LogP contribution in [0.15, 0.2) is 0 Å². The first kappa shape index (κ1) is 16.3. The van der Waals surface area contributed by atoms with Gasteiger partial charge in [-0.3, -0.25) is 0 Å². The molecule has 0 aromatic rings. The van der Waals surface area contributed by atoms with Crippen LogP contribution in [0.3, 0.4) is 0 Å². The van der Waals surface area contributed by atoms with Gasteiger partial charge in [0.1, 0.15) is 0 Å². The Hall–Kier alpha value is -0.0900. The summed E-state index contributed by atoms with van der Waals surface area (Å²) < 4.78 is 25.6. The summed E-state index contributed by atoms with van der Waals surface area (Å²) in [6.45, 7) is 8.71. The fourth-order valence-electron chi connectivity index (χ4n) is 3.84. The van der Waals surface area contributed by atoms with Crippen molar-refractivity contribution in [3.63, 3.8) is 0 Å². The molecule has 1 aliphatic heterocycles. The van der Waals surface area contributed by atoms with Crippen LogP contribution in [0.4, 0.5) is 0 Å². The molecule has 2 fully saturated rings. The Morgan fingerprint density at radius 2 is 1.30 bits per heavy atom. The van der Waals surface area contributed by atoms with Crippen LogP contribution >= 0.6 is 0 Å². The molecule has 4 heteroatoms. The third kappa shape index (κ3) is 3.56. The molecule has 3 nitrogen and oxygen atoms in total. The fourth-order valence-corrected chi connectivity index (χ4v) is 6.18. The Kier molecular flexibility index (Phi) is 4.85. The average molecular weight is 301 g/mol. The summed E-state index contributed by atoms with van der Waals surface area (Å²) in [5, 5.41) is -0.135. The molecule has 1 saturated carbocycles. The van der Waals surface area contributed by atoms with E-state index in [9.17, 15) is 8.42 Å². The van der Waals surface area contributed by atoms with Crippen LogP contribution in [0.2, 0.25) is 0 Å². The number of sulfone groups is 1. The third-order valence-electron chi connectivity index (χ3n) is 5.49. The minimum atomic E-state index is -2.90. The molecule has 0 aromatic carbocycles. The summed E-state index contributed by atoms with van der Waals surface area (Å²) in [4.78, 5) is 2.24. The molecule has 2 rings (SSSR count). The number of hydrogen-bond donors (Lipinski definition) is 0. The monoisotopic (exact) mass is 301 g/mol. The van der Waals surface area contributed by atoms with E-state index in [1.807, 2.05) is 0 Å². The number of piperidine rings is 1. The van der Waals surface area contributed by atoms with Gasteiger partial charge in [-0.05, 0) is 70.0 Å². The Bertz CT molecular complexity index is 408. The molecule has 1 heterocycles. The highest BCUT2D eigenvalue weighted by Crippen LogP contribution is 2.40. The summed E-state index contributed by atoms with van der Waals surface area (Å²) in [6.07, 6.45) is 5.60. The minimum absolute atomic E-state index is 0.0606. The van der Waals surface area contributed by atoms with Crippen LogP contribution in [0.25, 0.3) is 0 Å². The molecule has 20 heavy (non-hydrogen) atoms. The molecule has 1 aliphatic carbocycles. The highest BCUT2D eigenvalue weighted by Gasteiger charge is 2.39. The maximum Gasteiger partial charge on any atom is 0.156 e. The molecule has 118 valence electrons. The number of likely N-dealkylation sites (tertiary alicyclic amines) is 1. The zero-order valence-corrected chi connectivity index (χ0v) is 14.4. The molecule has 1 saturated heterocycles. The largest absolute Gasteiger partial charge is 0.306 e. The van der Waals surface area contributed by atoms with E-state index < -0.39 is 9.84 Å². The van der Waals surface area contributed by atoms with Crippen LogP contribution in [0, 0.1) is 11.3 Å². The topological polar surface area (TPSA) is 37.4 Å². The van der Waals surface area contributed by atoms with E-state index >= 15 is 0 Å². The maximum atomic E-state index is 12.8. The average Bonchev–Trinajstić information content (AvgIpc) is 2.38. The number of hydrogen-bond acceptors (Lipinski definition) is 3. The van der Waals surface area contributed by atoms with Crippen molar-refractivity contribution in [2.75, 3.05) is 20.1 Å².